The van der Waals surface area contributed by atoms with Gasteiger partial charge in [0.1, 0.15) is 0 Å². The Balaban J connectivity index is 4.19. The number of methoxy groups -OCH3 is 1. The fourth-order valence-electron chi connectivity index (χ4n) is 0.563. The zero-order valence-corrected chi connectivity index (χ0v) is 7.83. The van der Waals surface area contributed by atoms with Crippen molar-refractivity contribution >= 4 is 5.97 Å². The first-order valence-corrected chi connectivity index (χ1v) is 3.75. The van der Waals surface area contributed by atoms with E-state index in [1.165, 1.54) is 13.2 Å². The summed E-state index contributed by atoms with van der Waals surface area (Å²) in [5, 5.41) is 0. The van der Waals surface area contributed by atoms with Crippen molar-refractivity contribution in [2.75, 3.05) is 14.2 Å². The maximum atomic E-state index is 10.7. The van der Waals surface area contributed by atoms with Crippen molar-refractivity contribution in [3.63, 3.8) is 0 Å². The molecule has 0 spiro atoms. The molecular weight excluding hydrogens is 168 g/mol. The van der Waals surface area contributed by atoms with Gasteiger partial charge in [-0.3, -0.25) is 0 Å². The highest BCUT2D eigenvalue weighted by atomic mass is 16.5. The molecule has 72 valence electrons. The van der Waals surface area contributed by atoms with Crippen LogP contribution in [0.25, 0.3) is 0 Å². The van der Waals surface area contributed by atoms with Crippen LogP contribution in [-0.2, 0) is 9.53 Å². The summed E-state index contributed by atoms with van der Waals surface area (Å²) in [6.07, 6.45) is 6.21. The maximum Gasteiger partial charge on any atom is 0.330 e. The third-order valence-corrected chi connectivity index (χ3v) is 1.23. The highest BCUT2D eigenvalue weighted by Crippen LogP contribution is 1.95. The summed E-state index contributed by atoms with van der Waals surface area (Å²) in [6, 6.07) is 0. The second-order valence-corrected chi connectivity index (χ2v) is 2.10. The van der Waals surface area contributed by atoms with Crippen LogP contribution in [0.5, 0.6) is 0 Å². The lowest BCUT2D eigenvalue weighted by Gasteiger charge is -1.97. The SMILES string of the molecule is C=CC(/C=C/C(=O)OC)=C\NNC. The Morgan fingerprint density at radius 2 is 2.15 bits per heavy atom. The van der Waals surface area contributed by atoms with E-state index >= 15 is 0 Å². The van der Waals surface area contributed by atoms with Crippen molar-refractivity contribution in [3.8, 4) is 0 Å². The number of allylic oxidation sites excluding steroid dienone is 3. The van der Waals surface area contributed by atoms with E-state index < -0.39 is 5.97 Å². The zero-order chi connectivity index (χ0) is 10.1. The molecule has 0 aliphatic heterocycles. The molecule has 0 aliphatic rings. The first-order chi connectivity index (χ1) is 6.24. The lowest BCUT2D eigenvalue weighted by molar-refractivity contribution is -0.134. The van der Waals surface area contributed by atoms with Crippen LogP contribution >= 0.6 is 0 Å². The lowest BCUT2D eigenvalue weighted by Crippen LogP contribution is -2.21. The summed E-state index contributed by atoms with van der Waals surface area (Å²) >= 11 is 0. The molecule has 0 bridgehead atoms. The number of rotatable bonds is 5. The van der Waals surface area contributed by atoms with Gasteiger partial charge in [0.25, 0.3) is 0 Å². The summed E-state index contributed by atoms with van der Waals surface area (Å²) < 4.78 is 4.43. The average Bonchev–Trinajstić information content (AvgIpc) is 2.17. The molecule has 0 fully saturated rings. The normalized spacial score (nSPS) is 11.4. The molecule has 0 aromatic carbocycles. The van der Waals surface area contributed by atoms with E-state index in [1.54, 1.807) is 25.4 Å². The molecule has 2 N–H and O–H groups in total. The van der Waals surface area contributed by atoms with E-state index in [4.69, 9.17) is 0 Å². The van der Waals surface area contributed by atoms with Crippen molar-refractivity contribution in [1.29, 1.82) is 0 Å². The van der Waals surface area contributed by atoms with Crippen LogP contribution in [0.15, 0.2) is 36.6 Å². The molecular formula is C9H14N2O2. The molecule has 0 unspecified atom stereocenters. The van der Waals surface area contributed by atoms with Gasteiger partial charge < -0.3 is 10.2 Å². The van der Waals surface area contributed by atoms with Gasteiger partial charge in [0, 0.05) is 19.3 Å². The van der Waals surface area contributed by atoms with E-state index in [9.17, 15) is 4.79 Å². The van der Waals surface area contributed by atoms with Gasteiger partial charge in [-0.05, 0) is 11.6 Å². The molecule has 4 heteroatoms. The van der Waals surface area contributed by atoms with Gasteiger partial charge in [-0.2, -0.15) is 0 Å². The molecule has 0 aromatic rings. The predicted molar refractivity (Wildman–Crippen MR) is 51.6 cm³/mol. The van der Waals surface area contributed by atoms with Crippen LogP contribution in [0.2, 0.25) is 0 Å². The number of hydrogen-bond acceptors (Lipinski definition) is 4. The molecule has 0 atom stereocenters. The molecule has 0 heterocycles. The number of carbonyl (C=O) groups excluding carboxylic acids is 1. The van der Waals surface area contributed by atoms with Gasteiger partial charge in [-0.25, -0.2) is 10.2 Å². The monoisotopic (exact) mass is 182 g/mol. The molecule has 13 heavy (non-hydrogen) atoms. The number of hydrazine groups is 1. The van der Waals surface area contributed by atoms with Crippen LogP contribution in [0.4, 0.5) is 0 Å². The molecule has 0 aromatic heterocycles. The fourth-order valence-corrected chi connectivity index (χ4v) is 0.563. The summed E-state index contributed by atoms with van der Waals surface area (Å²) in [6.45, 7) is 3.58. The Hall–Kier alpha value is -1.55. The lowest BCUT2D eigenvalue weighted by atomic mass is 10.2. The molecule has 0 rings (SSSR count). The van der Waals surface area contributed by atoms with Crippen molar-refractivity contribution in [2.24, 2.45) is 0 Å². The molecule has 4 nitrogen and oxygen atoms in total. The van der Waals surface area contributed by atoms with E-state index in [1.807, 2.05) is 0 Å². The first kappa shape index (κ1) is 11.4. The number of esters is 1. The van der Waals surface area contributed by atoms with Crippen molar-refractivity contribution < 1.29 is 9.53 Å². The summed E-state index contributed by atoms with van der Waals surface area (Å²) in [5.41, 5.74) is 6.24. The minimum atomic E-state index is -0.391. The molecule has 0 radical (unpaired) electrons. The van der Waals surface area contributed by atoms with Crippen LogP contribution in [0.3, 0.4) is 0 Å². The zero-order valence-electron chi connectivity index (χ0n) is 7.83. The minimum Gasteiger partial charge on any atom is -0.466 e. The van der Waals surface area contributed by atoms with Crippen molar-refractivity contribution in [3.05, 3.63) is 36.6 Å². The second kappa shape index (κ2) is 7.12. The van der Waals surface area contributed by atoms with Crippen LogP contribution in [-0.4, -0.2) is 20.1 Å². The number of ether oxygens (including phenoxy) is 1. The van der Waals surface area contributed by atoms with E-state index in [0.717, 1.165) is 5.57 Å². The minimum absolute atomic E-state index is 0.391. The van der Waals surface area contributed by atoms with E-state index in [0.29, 0.717) is 0 Å². The summed E-state index contributed by atoms with van der Waals surface area (Å²) in [5.74, 6) is -0.391. The highest BCUT2D eigenvalue weighted by Gasteiger charge is 1.90. The standard InChI is InChI=1S/C9H14N2O2/c1-4-8(7-11-10-2)5-6-9(12)13-3/h4-7,10-11H,1H2,2-3H3/b6-5+,8-7+. The van der Waals surface area contributed by atoms with Gasteiger partial charge in [0.15, 0.2) is 0 Å². The third-order valence-electron chi connectivity index (χ3n) is 1.23. The Labute approximate surface area is 77.9 Å². The molecule has 0 aliphatic carbocycles. The number of hydrogen-bond donors (Lipinski definition) is 2. The number of nitrogens with one attached hydrogen (secondary N) is 2. The molecule has 0 saturated heterocycles. The van der Waals surface area contributed by atoms with Crippen LogP contribution < -0.4 is 10.9 Å². The summed E-state index contributed by atoms with van der Waals surface area (Å²) in [7, 11) is 3.07. The Bertz CT molecular complexity index is 232. The first-order valence-electron chi connectivity index (χ1n) is 3.75. The van der Waals surface area contributed by atoms with Crippen molar-refractivity contribution in [2.45, 2.75) is 0 Å². The topological polar surface area (TPSA) is 50.4 Å². The maximum absolute atomic E-state index is 10.7. The Morgan fingerprint density at radius 3 is 2.62 bits per heavy atom. The number of carbonyl (C=O) groups is 1. The van der Waals surface area contributed by atoms with E-state index in [-0.39, 0.29) is 0 Å². The van der Waals surface area contributed by atoms with Crippen LogP contribution in [0.1, 0.15) is 0 Å². The predicted octanol–water partition coefficient (Wildman–Crippen LogP) is 0.509. The van der Waals surface area contributed by atoms with Gasteiger partial charge >= 0.3 is 5.97 Å². The van der Waals surface area contributed by atoms with E-state index in [2.05, 4.69) is 22.2 Å². The fraction of sp³-hybridized carbons (Fsp3) is 0.222. The highest BCUT2D eigenvalue weighted by molar-refractivity contribution is 5.82. The van der Waals surface area contributed by atoms with Crippen molar-refractivity contribution in [1.82, 2.24) is 10.9 Å². The van der Waals surface area contributed by atoms with Gasteiger partial charge in [-0.1, -0.05) is 12.7 Å². The van der Waals surface area contributed by atoms with Gasteiger partial charge in [0.2, 0.25) is 0 Å². The van der Waals surface area contributed by atoms with Gasteiger partial charge in [-0.15, -0.1) is 0 Å². The second-order valence-electron chi connectivity index (χ2n) is 2.10. The smallest absolute Gasteiger partial charge is 0.330 e. The van der Waals surface area contributed by atoms with Gasteiger partial charge in [0.05, 0.1) is 7.11 Å². The van der Waals surface area contributed by atoms with Crippen LogP contribution in [0, 0.1) is 0 Å². The molecule has 0 amide bonds. The quantitative estimate of drug-likeness (QED) is 0.281. The largest absolute Gasteiger partial charge is 0.466 e. The molecule has 0 saturated carbocycles. The third kappa shape index (κ3) is 5.69. The average molecular weight is 182 g/mol. The Morgan fingerprint density at radius 1 is 1.46 bits per heavy atom. The summed E-state index contributed by atoms with van der Waals surface area (Å²) in [4.78, 5) is 10.7. The Kier molecular flexibility index (Phi) is 6.27.